The molecule has 44 heavy (non-hydrogen) atoms. The topological polar surface area (TPSA) is 116 Å². The number of carbonyl (C=O) groups excluding carboxylic acids is 2. The van der Waals surface area contributed by atoms with Crippen molar-refractivity contribution < 1.29 is 19.1 Å². The van der Waals surface area contributed by atoms with E-state index in [1.165, 1.54) is 0 Å². The molecule has 10 nitrogen and oxygen atoms in total. The van der Waals surface area contributed by atoms with Crippen molar-refractivity contribution in [2.75, 3.05) is 0 Å². The SMILES string of the molecule is CC(C)(C)OC(=O)N1[C@@H]2C[C@@H]2C[C@H]1c1nc2cc(-c3ccc4[nH]c([C@@H]5C[C@H]6C[C@H]6N5C(=O)OC(C)(C)C)nc4c3)ccc2[nH]1. The van der Waals surface area contributed by atoms with E-state index in [4.69, 9.17) is 19.4 Å². The van der Waals surface area contributed by atoms with Gasteiger partial charge < -0.3 is 19.4 Å². The second-order valence-electron chi connectivity index (χ2n) is 15.1. The minimum absolute atomic E-state index is 0.106. The van der Waals surface area contributed by atoms with Gasteiger partial charge in [0.15, 0.2) is 0 Å². The number of carbonyl (C=O) groups is 2. The van der Waals surface area contributed by atoms with Gasteiger partial charge in [0, 0.05) is 12.1 Å². The highest BCUT2D eigenvalue weighted by atomic mass is 16.6. The number of rotatable bonds is 3. The number of nitrogens with one attached hydrogen (secondary N) is 2. The number of benzene rings is 2. The minimum atomic E-state index is -0.539. The van der Waals surface area contributed by atoms with Gasteiger partial charge in [-0.2, -0.15) is 0 Å². The first-order chi connectivity index (χ1) is 20.8. The Morgan fingerprint density at radius 2 is 1.09 bits per heavy atom. The number of H-pyrrole nitrogens is 2. The molecule has 2 aromatic heterocycles. The van der Waals surface area contributed by atoms with Crippen LogP contribution in [0, 0.1) is 11.8 Å². The van der Waals surface area contributed by atoms with Gasteiger partial charge in [-0.15, -0.1) is 0 Å². The third-order valence-corrected chi connectivity index (χ3v) is 9.38. The zero-order valence-corrected chi connectivity index (χ0v) is 26.2. The van der Waals surface area contributed by atoms with Crippen molar-refractivity contribution in [2.45, 2.75) is 103 Å². The molecule has 2 aliphatic heterocycles. The molecule has 2 aromatic carbocycles. The lowest BCUT2D eigenvalue weighted by Gasteiger charge is -2.29. The molecule has 4 aliphatic rings. The summed E-state index contributed by atoms with van der Waals surface area (Å²) in [5, 5.41) is 0. The molecular weight excluding hydrogens is 556 g/mol. The van der Waals surface area contributed by atoms with Gasteiger partial charge in [-0.3, -0.25) is 9.80 Å². The molecule has 230 valence electrons. The molecule has 0 spiro atoms. The van der Waals surface area contributed by atoms with Crippen LogP contribution in [0.5, 0.6) is 0 Å². The highest BCUT2D eigenvalue weighted by Gasteiger charge is 2.57. The Morgan fingerprint density at radius 1 is 0.682 bits per heavy atom. The van der Waals surface area contributed by atoms with E-state index < -0.39 is 11.2 Å². The maximum atomic E-state index is 13.1. The number of ether oxygens (including phenoxy) is 2. The van der Waals surface area contributed by atoms with Gasteiger partial charge in [0.1, 0.15) is 22.9 Å². The Kier molecular flexibility index (Phi) is 5.75. The zero-order chi connectivity index (χ0) is 30.7. The Bertz CT molecular complexity index is 1680. The van der Waals surface area contributed by atoms with Crippen molar-refractivity contribution in [2.24, 2.45) is 11.8 Å². The number of hydrogen-bond acceptors (Lipinski definition) is 6. The Morgan fingerprint density at radius 3 is 1.48 bits per heavy atom. The van der Waals surface area contributed by atoms with Crippen LogP contribution in [0.3, 0.4) is 0 Å². The fraction of sp³-hybridized carbons (Fsp3) is 0.529. The highest BCUT2D eigenvalue weighted by molar-refractivity contribution is 5.86. The lowest BCUT2D eigenvalue weighted by atomic mass is 10.0. The molecule has 6 atom stereocenters. The van der Waals surface area contributed by atoms with Gasteiger partial charge in [-0.25, -0.2) is 19.6 Å². The van der Waals surface area contributed by atoms with E-state index in [-0.39, 0.29) is 36.4 Å². The molecule has 2 amide bonds. The first-order valence-corrected chi connectivity index (χ1v) is 15.8. The number of hydrogen-bond donors (Lipinski definition) is 2. The predicted molar refractivity (Wildman–Crippen MR) is 166 cm³/mol. The molecular formula is C34H40N6O4. The summed E-state index contributed by atoms with van der Waals surface area (Å²) in [4.78, 5) is 46.9. The number of aromatic nitrogens is 4. The van der Waals surface area contributed by atoms with Gasteiger partial charge >= 0.3 is 12.2 Å². The average molecular weight is 597 g/mol. The third kappa shape index (κ3) is 4.79. The quantitative estimate of drug-likeness (QED) is 0.257. The second-order valence-corrected chi connectivity index (χ2v) is 15.1. The molecule has 2 saturated heterocycles. The van der Waals surface area contributed by atoms with Gasteiger partial charge in [0.25, 0.3) is 0 Å². The zero-order valence-electron chi connectivity index (χ0n) is 26.2. The van der Waals surface area contributed by atoms with Crippen LogP contribution in [-0.4, -0.2) is 65.2 Å². The minimum Gasteiger partial charge on any atom is -0.444 e. The summed E-state index contributed by atoms with van der Waals surface area (Å²) in [5.41, 5.74) is 4.62. The van der Waals surface area contributed by atoms with Crippen molar-refractivity contribution in [1.29, 1.82) is 0 Å². The summed E-state index contributed by atoms with van der Waals surface area (Å²) in [5.74, 6) is 2.67. The van der Waals surface area contributed by atoms with Crippen LogP contribution in [0.15, 0.2) is 36.4 Å². The van der Waals surface area contributed by atoms with Gasteiger partial charge in [0.05, 0.1) is 34.2 Å². The van der Waals surface area contributed by atoms with Crippen molar-refractivity contribution >= 4 is 34.3 Å². The van der Waals surface area contributed by atoms with E-state index in [0.29, 0.717) is 11.8 Å². The van der Waals surface area contributed by atoms with E-state index in [0.717, 1.165) is 70.5 Å². The summed E-state index contributed by atoms with van der Waals surface area (Å²) in [6.45, 7) is 11.4. The van der Waals surface area contributed by atoms with Crippen LogP contribution in [0.4, 0.5) is 9.59 Å². The van der Waals surface area contributed by atoms with Crippen LogP contribution < -0.4 is 0 Å². The Labute approximate surface area is 256 Å². The molecule has 2 saturated carbocycles. The first kappa shape index (κ1) is 27.5. The van der Waals surface area contributed by atoms with Crippen molar-refractivity contribution in [3.63, 3.8) is 0 Å². The van der Waals surface area contributed by atoms with Crippen LogP contribution in [0.1, 0.15) is 91.0 Å². The molecule has 4 fully saturated rings. The number of nitrogens with zero attached hydrogens (tertiary/aromatic N) is 4. The standard InChI is InChI=1S/C34H40N6O4/c1-33(2,3)43-31(41)39-25-13-19(25)15-27(39)29-35-21-9-7-17(11-23(21)37-29)18-8-10-22-24(12-18)38-30(36-22)28-16-20-14-26(20)40(28)32(42)44-34(4,5)6/h7-12,19-20,25-28H,13-16H2,1-6H3,(H,35,37)(H,36,38)/t19-,20-,25-,26-,27+,28+/m1/s1. The Balaban J connectivity index is 1.05. The highest BCUT2D eigenvalue weighted by Crippen LogP contribution is 2.54. The number of aromatic amines is 2. The molecule has 2 aliphatic carbocycles. The smallest absolute Gasteiger partial charge is 0.411 e. The van der Waals surface area contributed by atoms with Crippen LogP contribution >= 0.6 is 0 Å². The van der Waals surface area contributed by atoms with E-state index >= 15 is 0 Å². The lowest BCUT2D eigenvalue weighted by Crippen LogP contribution is -2.38. The van der Waals surface area contributed by atoms with Crippen molar-refractivity contribution in [3.05, 3.63) is 48.0 Å². The van der Waals surface area contributed by atoms with Crippen LogP contribution in [-0.2, 0) is 9.47 Å². The largest absolute Gasteiger partial charge is 0.444 e. The normalized spacial score (nSPS) is 27.5. The average Bonchev–Trinajstić information content (AvgIpc) is 3.59. The molecule has 0 bridgehead atoms. The van der Waals surface area contributed by atoms with Gasteiger partial charge in [0.2, 0.25) is 0 Å². The summed E-state index contributed by atoms with van der Waals surface area (Å²) < 4.78 is 11.5. The van der Waals surface area contributed by atoms with E-state index in [1.54, 1.807) is 0 Å². The van der Waals surface area contributed by atoms with Crippen molar-refractivity contribution in [1.82, 2.24) is 29.7 Å². The predicted octanol–water partition coefficient (Wildman–Crippen LogP) is 7.25. The lowest BCUT2D eigenvalue weighted by molar-refractivity contribution is 0.0164. The van der Waals surface area contributed by atoms with E-state index in [2.05, 4.69) is 46.4 Å². The van der Waals surface area contributed by atoms with Crippen molar-refractivity contribution in [3.8, 4) is 11.1 Å². The second kappa shape index (κ2) is 9.22. The first-order valence-electron chi connectivity index (χ1n) is 15.8. The van der Waals surface area contributed by atoms with E-state index in [1.807, 2.05) is 51.3 Å². The summed E-state index contributed by atoms with van der Waals surface area (Å²) in [6.07, 6.45) is 3.37. The van der Waals surface area contributed by atoms with Crippen LogP contribution in [0.25, 0.3) is 33.2 Å². The van der Waals surface area contributed by atoms with Gasteiger partial charge in [-0.1, -0.05) is 12.1 Å². The molecule has 10 heteroatoms. The number of fused-ring (bicyclic) bond motifs is 4. The third-order valence-electron chi connectivity index (χ3n) is 9.38. The molecule has 0 radical (unpaired) electrons. The summed E-state index contributed by atoms with van der Waals surface area (Å²) >= 11 is 0. The number of imidazole rings is 2. The van der Waals surface area contributed by atoms with Gasteiger partial charge in [-0.05, 0) is 114 Å². The fourth-order valence-electron chi connectivity index (χ4n) is 7.28. The fourth-order valence-corrected chi connectivity index (χ4v) is 7.28. The number of amides is 2. The molecule has 8 rings (SSSR count). The Hall–Kier alpha value is -4.08. The summed E-state index contributed by atoms with van der Waals surface area (Å²) in [6, 6.07) is 12.7. The molecule has 0 unspecified atom stereocenters. The maximum Gasteiger partial charge on any atom is 0.411 e. The molecule has 4 aromatic rings. The number of likely N-dealkylation sites (tertiary alicyclic amines) is 2. The number of piperidine rings is 2. The molecule has 2 N–H and O–H groups in total. The maximum absolute atomic E-state index is 13.1. The monoisotopic (exact) mass is 596 g/mol. The van der Waals surface area contributed by atoms with Crippen LogP contribution in [0.2, 0.25) is 0 Å². The molecule has 4 heterocycles. The van der Waals surface area contributed by atoms with E-state index in [9.17, 15) is 9.59 Å². The summed E-state index contributed by atoms with van der Waals surface area (Å²) in [7, 11) is 0.